The Morgan fingerprint density at radius 2 is 1.72 bits per heavy atom. The summed E-state index contributed by atoms with van der Waals surface area (Å²) in [5.41, 5.74) is 4.27. The summed E-state index contributed by atoms with van der Waals surface area (Å²) in [4.78, 5) is 17.6. The van der Waals surface area contributed by atoms with Crippen molar-refractivity contribution >= 4 is 5.78 Å². The summed E-state index contributed by atoms with van der Waals surface area (Å²) < 4.78 is 10.8. The van der Waals surface area contributed by atoms with Crippen LogP contribution in [0.2, 0.25) is 0 Å². The molecule has 0 radical (unpaired) electrons. The van der Waals surface area contributed by atoms with Crippen molar-refractivity contribution in [3.63, 3.8) is 0 Å². The van der Waals surface area contributed by atoms with Crippen molar-refractivity contribution in [1.82, 2.24) is 4.98 Å². The summed E-state index contributed by atoms with van der Waals surface area (Å²) in [7, 11) is 0. The van der Waals surface area contributed by atoms with Crippen molar-refractivity contribution in [3.8, 4) is 22.6 Å². The predicted molar refractivity (Wildman–Crippen MR) is 108 cm³/mol. The minimum absolute atomic E-state index is 0.0324. The Labute approximate surface area is 168 Å². The maximum Gasteiger partial charge on any atom is 0.231 e. The minimum atomic E-state index is -0.415. The SMILES string of the molecule is O=C(Cc1ccc(-c2ccc(CO)cc2)cn1)C1(c2ccc3c(c2)OCO3)CC1. The number of benzene rings is 2. The lowest BCUT2D eigenvalue weighted by molar-refractivity contribution is -0.120. The van der Waals surface area contributed by atoms with E-state index in [-0.39, 0.29) is 19.2 Å². The van der Waals surface area contributed by atoms with Crippen LogP contribution in [0.25, 0.3) is 11.1 Å². The molecule has 1 aliphatic heterocycles. The number of aliphatic hydroxyl groups is 1. The minimum Gasteiger partial charge on any atom is -0.454 e. The van der Waals surface area contributed by atoms with Crippen molar-refractivity contribution in [2.75, 3.05) is 6.79 Å². The number of pyridine rings is 1. The van der Waals surface area contributed by atoms with Crippen LogP contribution in [0.15, 0.2) is 60.8 Å². The van der Waals surface area contributed by atoms with Gasteiger partial charge in [-0.1, -0.05) is 36.4 Å². The van der Waals surface area contributed by atoms with Crippen molar-refractivity contribution in [1.29, 1.82) is 0 Å². The van der Waals surface area contributed by atoms with Crippen LogP contribution in [0, 0.1) is 0 Å². The van der Waals surface area contributed by atoms with Gasteiger partial charge in [-0.3, -0.25) is 9.78 Å². The van der Waals surface area contributed by atoms with E-state index in [4.69, 9.17) is 14.6 Å². The number of hydrogen-bond donors (Lipinski definition) is 1. The van der Waals surface area contributed by atoms with Crippen molar-refractivity contribution in [2.45, 2.75) is 31.3 Å². The highest BCUT2D eigenvalue weighted by Crippen LogP contribution is 2.51. The van der Waals surface area contributed by atoms with E-state index in [9.17, 15) is 4.79 Å². The number of nitrogens with zero attached hydrogens (tertiary/aromatic N) is 1. The molecule has 0 atom stereocenters. The van der Waals surface area contributed by atoms with Crippen molar-refractivity contribution in [3.05, 3.63) is 77.6 Å². The van der Waals surface area contributed by atoms with Gasteiger partial charge in [0.2, 0.25) is 6.79 Å². The molecule has 0 bridgehead atoms. The first-order valence-corrected chi connectivity index (χ1v) is 9.76. The average molecular weight is 387 g/mol. The molecule has 0 saturated heterocycles. The molecule has 1 N–H and O–H groups in total. The quantitative estimate of drug-likeness (QED) is 0.697. The number of aliphatic hydroxyl groups excluding tert-OH is 1. The predicted octanol–water partition coefficient (Wildman–Crippen LogP) is 3.81. The Hall–Kier alpha value is -3.18. The molecule has 2 aliphatic rings. The standard InChI is InChI=1S/C24H21NO4/c26-14-16-1-3-17(4-2-16)18-5-7-20(25-13-18)12-23(27)24(9-10-24)19-6-8-21-22(11-19)29-15-28-21/h1-8,11,13,26H,9-10,12,14-15H2. The van der Waals surface area contributed by atoms with Gasteiger partial charge in [-0.25, -0.2) is 0 Å². The summed E-state index contributed by atoms with van der Waals surface area (Å²) in [6.07, 6.45) is 3.84. The highest BCUT2D eigenvalue weighted by molar-refractivity contribution is 5.94. The maximum absolute atomic E-state index is 13.1. The molecule has 0 amide bonds. The Morgan fingerprint density at radius 3 is 2.41 bits per heavy atom. The van der Waals surface area contributed by atoms with E-state index in [1.165, 1.54) is 0 Å². The van der Waals surface area contributed by atoms with Gasteiger partial charge in [0.05, 0.1) is 12.0 Å². The van der Waals surface area contributed by atoms with Crippen LogP contribution in [0.3, 0.4) is 0 Å². The number of Topliss-reactive ketones (excluding diaryl/α,β-unsaturated/α-hetero) is 1. The van der Waals surface area contributed by atoms with Crippen LogP contribution in [0.4, 0.5) is 0 Å². The van der Waals surface area contributed by atoms with E-state index < -0.39 is 5.41 Å². The zero-order chi connectivity index (χ0) is 19.8. The Bertz CT molecular complexity index is 1050. The molecule has 5 heteroatoms. The third kappa shape index (κ3) is 3.28. The fraction of sp³-hybridized carbons (Fsp3) is 0.250. The van der Waals surface area contributed by atoms with Crippen LogP contribution in [-0.2, 0) is 23.2 Å². The molecule has 1 aliphatic carbocycles. The van der Waals surface area contributed by atoms with Crippen molar-refractivity contribution < 1.29 is 19.4 Å². The molecule has 3 aromatic rings. The normalized spacial score (nSPS) is 15.9. The first kappa shape index (κ1) is 17.9. The number of ether oxygens (including phenoxy) is 2. The summed E-state index contributed by atoms with van der Waals surface area (Å²) >= 11 is 0. The number of carbonyl (C=O) groups excluding carboxylic acids is 1. The summed E-state index contributed by atoms with van der Waals surface area (Å²) in [5.74, 6) is 1.65. The van der Waals surface area contributed by atoms with Crippen LogP contribution < -0.4 is 9.47 Å². The molecule has 2 aromatic carbocycles. The Balaban J connectivity index is 1.31. The zero-order valence-electron chi connectivity index (χ0n) is 15.9. The summed E-state index contributed by atoms with van der Waals surface area (Å²) in [6, 6.07) is 17.4. The van der Waals surface area contributed by atoms with Crippen LogP contribution >= 0.6 is 0 Å². The van der Waals surface area contributed by atoms with Gasteiger partial charge >= 0.3 is 0 Å². The number of fused-ring (bicyclic) bond motifs is 1. The molecule has 5 nitrogen and oxygen atoms in total. The fourth-order valence-corrected chi connectivity index (χ4v) is 3.88. The van der Waals surface area contributed by atoms with Crippen LogP contribution in [0.5, 0.6) is 11.5 Å². The lowest BCUT2D eigenvalue weighted by Gasteiger charge is -2.15. The number of carbonyl (C=O) groups is 1. The lowest BCUT2D eigenvalue weighted by Crippen LogP contribution is -2.22. The van der Waals surface area contributed by atoms with Gasteiger partial charge < -0.3 is 14.6 Å². The van der Waals surface area contributed by atoms with Gasteiger partial charge in [0.15, 0.2) is 11.5 Å². The smallest absolute Gasteiger partial charge is 0.231 e. The molecule has 0 unspecified atom stereocenters. The molecule has 2 heterocycles. The third-order valence-electron chi connectivity index (χ3n) is 5.85. The number of ketones is 1. The molecule has 1 fully saturated rings. The molecule has 1 aromatic heterocycles. The van der Waals surface area contributed by atoms with E-state index in [0.29, 0.717) is 6.42 Å². The van der Waals surface area contributed by atoms with Crippen LogP contribution in [0.1, 0.15) is 29.7 Å². The second kappa shape index (κ2) is 7.01. The number of aromatic nitrogens is 1. The first-order chi connectivity index (χ1) is 14.2. The molecule has 0 spiro atoms. The van der Waals surface area contributed by atoms with Gasteiger partial charge in [-0.2, -0.15) is 0 Å². The third-order valence-corrected chi connectivity index (χ3v) is 5.85. The monoisotopic (exact) mass is 387 g/mol. The van der Waals surface area contributed by atoms with E-state index in [2.05, 4.69) is 4.98 Å². The van der Waals surface area contributed by atoms with Crippen molar-refractivity contribution in [2.24, 2.45) is 0 Å². The van der Waals surface area contributed by atoms with Gasteiger partial charge in [0, 0.05) is 23.9 Å². The van der Waals surface area contributed by atoms with Crippen LogP contribution in [-0.4, -0.2) is 22.7 Å². The highest BCUT2D eigenvalue weighted by atomic mass is 16.7. The lowest BCUT2D eigenvalue weighted by atomic mass is 9.88. The summed E-state index contributed by atoms with van der Waals surface area (Å²) in [5, 5.41) is 9.16. The van der Waals surface area contributed by atoms with Gasteiger partial charge in [-0.05, 0) is 47.7 Å². The highest BCUT2D eigenvalue weighted by Gasteiger charge is 2.50. The van der Waals surface area contributed by atoms with E-state index in [1.807, 2.05) is 54.6 Å². The van der Waals surface area contributed by atoms with E-state index in [0.717, 1.165) is 52.3 Å². The Kier molecular flexibility index (Phi) is 4.32. The molecule has 1 saturated carbocycles. The van der Waals surface area contributed by atoms with Gasteiger partial charge in [0.1, 0.15) is 5.78 Å². The van der Waals surface area contributed by atoms with E-state index >= 15 is 0 Å². The number of hydrogen-bond acceptors (Lipinski definition) is 5. The fourth-order valence-electron chi connectivity index (χ4n) is 3.88. The molecule has 29 heavy (non-hydrogen) atoms. The maximum atomic E-state index is 13.1. The molecule has 146 valence electrons. The van der Waals surface area contributed by atoms with E-state index in [1.54, 1.807) is 6.20 Å². The molecular weight excluding hydrogens is 366 g/mol. The molecular formula is C24H21NO4. The first-order valence-electron chi connectivity index (χ1n) is 9.76. The average Bonchev–Trinajstić information content (AvgIpc) is 3.45. The van der Waals surface area contributed by atoms with Gasteiger partial charge in [0.25, 0.3) is 0 Å². The Morgan fingerprint density at radius 1 is 0.966 bits per heavy atom. The van der Waals surface area contributed by atoms with Gasteiger partial charge in [-0.15, -0.1) is 0 Å². The second-order valence-corrected chi connectivity index (χ2v) is 7.64. The number of rotatable bonds is 6. The topological polar surface area (TPSA) is 68.7 Å². The largest absolute Gasteiger partial charge is 0.454 e. The second-order valence-electron chi connectivity index (χ2n) is 7.64. The molecule has 5 rings (SSSR count). The summed E-state index contributed by atoms with van der Waals surface area (Å²) in [6.45, 7) is 0.267. The zero-order valence-corrected chi connectivity index (χ0v) is 15.9.